The van der Waals surface area contributed by atoms with Crippen molar-refractivity contribution in [3.8, 4) is 28.0 Å². The summed E-state index contributed by atoms with van der Waals surface area (Å²) in [5.41, 5.74) is 10.4. The molecule has 0 aromatic heterocycles. The molecule has 59 heavy (non-hydrogen) atoms. The molecule has 0 amide bonds. The van der Waals surface area contributed by atoms with Gasteiger partial charge in [-0.3, -0.25) is 0 Å². The summed E-state index contributed by atoms with van der Waals surface area (Å²) in [6.45, 7) is 12.0. The van der Waals surface area contributed by atoms with E-state index in [2.05, 4.69) is 50.2 Å². The number of methoxy groups -OCH3 is 1. The minimum atomic E-state index is -0.897. The molecule has 1 N–H and O–H groups in total. The first kappa shape index (κ1) is 43.9. The Morgan fingerprint density at radius 1 is 0.542 bits per heavy atom. The quantitative estimate of drug-likeness (QED) is 0.0521. The van der Waals surface area contributed by atoms with E-state index in [9.17, 15) is 9.59 Å². The number of esters is 2. The smallest absolute Gasteiger partial charge is 0.341 e. The Kier molecular flexibility index (Phi) is 15.7. The van der Waals surface area contributed by atoms with Gasteiger partial charge in [0, 0.05) is 7.11 Å². The van der Waals surface area contributed by atoms with Crippen molar-refractivity contribution in [2.45, 2.75) is 39.7 Å². The Labute approximate surface area is 346 Å². The number of rotatable bonds is 24. The van der Waals surface area contributed by atoms with E-state index < -0.39 is 17.4 Å². The van der Waals surface area contributed by atoms with Crippen molar-refractivity contribution in [2.75, 3.05) is 99.6 Å². The molecule has 0 radical (unpaired) electrons. The first-order valence-electron chi connectivity index (χ1n) is 20.3. The standard InChI is InChI=1S/C47H56O12/c1-6-57-45(49)36-27-42-37(26-33(36)30-56-21-20-54-17-16-52-13-12-48)38-29-44(59-23-22-55-19-18-53-15-14-51-5)39(46(50)58-7-2)28-43(38)47(42)40-24-31(3)8-10-34(40)35-11-9-32(4)25-41(35)47/h8-11,24-29,48H,6-7,12-23,30H2,1-5H3. The monoisotopic (exact) mass is 812 g/mol. The second-order valence-corrected chi connectivity index (χ2v) is 14.3. The van der Waals surface area contributed by atoms with Crippen LogP contribution in [0.25, 0.3) is 22.3 Å². The lowest BCUT2D eigenvalue weighted by molar-refractivity contribution is 0.00430. The topological polar surface area (TPSA) is 137 Å². The van der Waals surface area contributed by atoms with Crippen LogP contribution in [0.5, 0.6) is 5.75 Å². The molecule has 1 spiro atoms. The number of ether oxygens (including phenoxy) is 9. The fourth-order valence-electron chi connectivity index (χ4n) is 7.93. The lowest BCUT2D eigenvalue weighted by Gasteiger charge is -2.31. The first-order chi connectivity index (χ1) is 28.8. The van der Waals surface area contributed by atoms with Gasteiger partial charge in [0.1, 0.15) is 17.9 Å². The SMILES string of the molecule is CCOC(=O)c1cc2c(cc1COCCOCCOCCO)-c1cc(OCCOCCOCCOC)c(C(=O)OCC)cc1C21c2cc(C)ccc2-c2ccc(C)cc21. The summed E-state index contributed by atoms with van der Waals surface area (Å²) in [5.74, 6) is -0.590. The van der Waals surface area contributed by atoms with Crippen LogP contribution in [0.4, 0.5) is 0 Å². The first-order valence-corrected chi connectivity index (χ1v) is 20.3. The van der Waals surface area contributed by atoms with E-state index in [0.717, 1.165) is 55.6 Å². The number of aliphatic hydroxyl groups is 1. The average molecular weight is 813 g/mol. The predicted molar refractivity (Wildman–Crippen MR) is 222 cm³/mol. The highest BCUT2D eigenvalue weighted by atomic mass is 16.6. The van der Waals surface area contributed by atoms with Gasteiger partial charge in [-0.2, -0.15) is 0 Å². The van der Waals surface area contributed by atoms with Crippen LogP contribution in [0.2, 0.25) is 0 Å². The van der Waals surface area contributed by atoms with Crippen molar-refractivity contribution in [1.82, 2.24) is 0 Å². The number of carbonyl (C=O) groups is 2. The van der Waals surface area contributed by atoms with Crippen molar-refractivity contribution in [3.63, 3.8) is 0 Å². The Morgan fingerprint density at radius 3 is 1.58 bits per heavy atom. The summed E-state index contributed by atoms with van der Waals surface area (Å²) in [6.07, 6.45) is 0. The molecule has 0 aliphatic heterocycles. The summed E-state index contributed by atoms with van der Waals surface area (Å²) in [6, 6.07) is 20.8. The number of aryl methyl sites for hydroxylation is 2. The van der Waals surface area contributed by atoms with Crippen LogP contribution in [0.1, 0.15) is 73.5 Å². The van der Waals surface area contributed by atoms with Gasteiger partial charge in [0.25, 0.3) is 0 Å². The van der Waals surface area contributed by atoms with Gasteiger partial charge < -0.3 is 47.7 Å². The van der Waals surface area contributed by atoms with E-state index >= 15 is 0 Å². The highest BCUT2D eigenvalue weighted by Crippen LogP contribution is 2.64. The van der Waals surface area contributed by atoms with E-state index in [1.54, 1.807) is 21.0 Å². The van der Waals surface area contributed by atoms with E-state index in [-0.39, 0.29) is 52.9 Å². The number of benzene rings is 4. The summed E-state index contributed by atoms with van der Waals surface area (Å²) in [4.78, 5) is 27.8. The van der Waals surface area contributed by atoms with Gasteiger partial charge in [-0.25, -0.2) is 9.59 Å². The van der Waals surface area contributed by atoms with Crippen LogP contribution in [0.3, 0.4) is 0 Å². The zero-order chi connectivity index (χ0) is 41.8. The Hall–Kier alpha value is -4.66. The Balaban J connectivity index is 1.46. The van der Waals surface area contributed by atoms with Gasteiger partial charge in [0.05, 0.1) is 103 Å². The van der Waals surface area contributed by atoms with E-state index in [1.807, 2.05) is 24.3 Å². The lowest BCUT2D eigenvalue weighted by atomic mass is 9.69. The van der Waals surface area contributed by atoms with Crippen molar-refractivity contribution in [1.29, 1.82) is 0 Å². The normalized spacial score (nSPS) is 12.9. The molecule has 4 aromatic rings. The molecule has 12 heteroatoms. The molecular weight excluding hydrogens is 757 g/mol. The summed E-state index contributed by atoms with van der Waals surface area (Å²) in [5, 5.41) is 8.92. The lowest BCUT2D eigenvalue weighted by Crippen LogP contribution is -2.27. The second kappa shape index (κ2) is 21.0. The number of aliphatic hydroxyl groups excluding tert-OH is 1. The van der Waals surface area contributed by atoms with Gasteiger partial charge in [-0.1, -0.05) is 47.5 Å². The zero-order valence-corrected chi connectivity index (χ0v) is 34.8. The number of hydrogen-bond acceptors (Lipinski definition) is 12. The third-order valence-corrected chi connectivity index (χ3v) is 10.4. The van der Waals surface area contributed by atoms with Gasteiger partial charge >= 0.3 is 11.9 Å². The third kappa shape index (κ3) is 9.55. The molecule has 4 aromatic carbocycles. The van der Waals surface area contributed by atoms with E-state index in [4.69, 9.17) is 47.7 Å². The maximum atomic E-state index is 13.9. The van der Waals surface area contributed by atoms with Crippen molar-refractivity contribution >= 4 is 11.9 Å². The van der Waals surface area contributed by atoms with Crippen LogP contribution < -0.4 is 4.74 Å². The zero-order valence-electron chi connectivity index (χ0n) is 34.8. The maximum absolute atomic E-state index is 13.9. The van der Waals surface area contributed by atoms with Crippen molar-refractivity contribution in [2.24, 2.45) is 0 Å². The van der Waals surface area contributed by atoms with E-state index in [1.165, 1.54) is 0 Å². The summed E-state index contributed by atoms with van der Waals surface area (Å²) in [7, 11) is 1.63. The molecule has 0 atom stereocenters. The van der Waals surface area contributed by atoms with Crippen LogP contribution >= 0.6 is 0 Å². The molecule has 2 aliphatic rings. The molecule has 0 saturated carbocycles. The number of fused-ring (bicyclic) bond motifs is 10. The number of hydrogen-bond donors (Lipinski definition) is 1. The molecule has 0 fully saturated rings. The maximum Gasteiger partial charge on any atom is 0.341 e. The summed E-state index contributed by atoms with van der Waals surface area (Å²) >= 11 is 0. The highest BCUT2D eigenvalue weighted by Gasteiger charge is 2.53. The van der Waals surface area contributed by atoms with Gasteiger partial charge in [-0.05, 0) is 102 Å². The molecule has 0 heterocycles. The second-order valence-electron chi connectivity index (χ2n) is 14.3. The van der Waals surface area contributed by atoms with Crippen LogP contribution in [-0.4, -0.2) is 117 Å². The molecule has 0 unspecified atom stereocenters. The molecule has 2 aliphatic carbocycles. The van der Waals surface area contributed by atoms with Crippen molar-refractivity contribution < 1.29 is 57.3 Å². The Morgan fingerprint density at radius 2 is 1.02 bits per heavy atom. The minimum absolute atomic E-state index is 0.0427. The van der Waals surface area contributed by atoms with Crippen molar-refractivity contribution in [3.05, 3.63) is 111 Å². The van der Waals surface area contributed by atoms with Crippen LogP contribution in [0, 0.1) is 13.8 Å². The van der Waals surface area contributed by atoms with E-state index in [0.29, 0.717) is 68.7 Å². The molecule has 6 rings (SSSR count). The fourth-order valence-corrected chi connectivity index (χ4v) is 7.93. The highest BCUT2D eigenvalue weighted by molar-refractivity contribution is 6.02. The molecule has 0 saturated heterocycles. The minimum Gasteiger partial charge on any atom is -0.490 e. The molecule has 316 valence electrons. The van der Waals surface area contributed by atoms with Gasteiger partial charge in [0.2, 0.25) is 0 Å². The Bertz CT molecular complexity index is 1930. The third-order valence-electron chi connectivity index (χ3n) is 10.4. The van der Waals surface area contributed by atoms with Crippen LogP contribution in [0.15, 0.2) is 60.7 Å². The molecule has 12 nitrogen and oxygen atoms in total. The number of carbonyl (C=O) groups excluding carboxylic acids is 2. The van der Waals surface area contributed by atoms with Crippen LogP contribution in [-0.2, 0) is 49.9 Å². The van der Waals surface area contributed by atoms with Gasteiger partial charge in [0.15, 0.2) is 0 Å². The van der Waals surface area contributed by atoms with Gasteiger partial charge in [-0.15, -0.1) is 0 Å². The predicted octanol–water partition coefficient (Wildman–Crippen LogP) is 6.60. The average Bonchev–Trinajstić information content (AvgIpc) is 3.66. The molecular formula is C47H56O12. The molecule has 0 bridgehead atoms. The fraction of sp³-hybridized carbons (Fsp3) is 0.447. The largest absolute Gasteiger partial charge is 0.490 e. The summed E-state index contributed by atoms with van der Waals surface area (Å²) < 4.78 is 51.0.